The molecule has 1 atom stereocenters. The summed E-state index contributed by atoms with van der Waals surface area (Å²) in [6.07, 6.45) is -4.68. The highest BCUT2D eigenvalue weighted by molar-refractivity contribution is 9.09. The maximum absolute atomic E-state index is 14.1. The predicted octanol–water partition coefficient (Wildman–Crippen LogP) is 4.22. The fraction of sp³-hybridized carbons (Fsp3) is 0.571. The van der Waals surface area contributed by atoms with Gasteiger partial charge in [-0.1, -0.05) is 15.9 Å². The largest absolute Gasteiger partial charge is 0.416 e. The Kier molecular flexibility index (Phi) is 4.54. The number of ether oxygens (including phenoxy) is 1. The molecule has 0 aliphatic carbocycles. The molecule has 1 unspecified atom stereocenters. The van der Waals surface area contributed by atoms with Crippen LogP contribution in [0.1, 0.15) is 19.4 Å². The molecule has 0 saturated carbocycles. The first kappa shape index (κ1) is 16.5. The fourth-order valence-corrected chi connectivity index (χ4v) is 2.84. The molecular formula is C14H16BrF4NO. The van der Waals surface area contributed by atoms with Gasteiger partial charge in [0.25, 0.3) is 0 Å². The second kappa shape index (κ2) is 5.76. The Hall–Kier alpha value is -0.820. The van der Waals surface area contributed by atoms with Crippen molar-refractivity contribution in [3.8, 4) is 0 Å². The number of alkyl halides is 4. The van der Waals surface area contributed by atoms with E-state index in [4.69, 9.17) is 4.74 Å². The van der Waals surface area contributed by atoms with Gasteiger partial charge in [0.05, 0.1) is 23.0 Å². The smallest absolute Gasteiger partial charge is 0.368 e. The highest BCUT2D eigenvalue weighted by Gasteiger charge is 2.35. The number of hydrogen-bond acceptors (Lipinski definition) is 2. The van der Waals surface area contributed by atoms with Gasteiger partial charge in [-0.05, 0) is 32.0 Å². The molecule has 1 aromatic rings. The maximum Gasteiger partial charge on any atom is 0.416 e. The molecule has 0 radical (unpaired) electrons. The molecule has 1 aliphatic rings. The summed E-state index contributed by atoms with van der Waals surface area (Å²) in [7, 11) is 0. The van der Waals surface area contributed by atoms with Gasteiger partial charge in [0.1, 0.15) is 5.82 Å². The molecule has 0 bridgehead atoms. The van der Waals surface area contributed by atoms with Gasteiger partial charge < -0.3 is 9.64 Å². The van der Waals surface area contributed by atoms with Crippen LogP contribution in [0.25, 0.3) is 0 Å². The van der Waals surface area contributed by atoms with Gasteiger partial charge >= 0.3 is 6.18 Å². The van der Waals surface area contributed by atoms with Crippen LogP contribution in [0.4, 0.5) is 23.2 Å². The molecule has 2 rings (SSSR count). The highest BCUT2D eigenvalue weighted by Crippen LogP contribution is 2.34. The number of anilines is 1. The van der Waals surface area contributed by atoms with Crippen LogP contribution in [0.3, 0.4) is 0 Å². The summed E-state index contributed by atoms with van der Waals surface area (Å²) in [5.74, 6) is -0.865. The monoisotopic (exact) mass is 369 g/mol. The fourth-order valence-electron chi connectivity index (χ4n) is 2.50. The van der Waals surface area contributed by atoms with Crippen LogP contribution in [-0.4, -0.2) is 30.1 Å². The number of hydrogen-bond donors (Lipinski definition) is 0. The summed E-state index contributed by atoms with van der Waals surface area (Å²) >= 11 is 3.32. The SMILES string of the molecule is CC1(C)CN(c2ccc(C(F)(F)F)cc2F)CC(CBr)O1. The number of benzene rings is 1. The standard InChI is InChI=1S/C14H16BrF4NO/c1-13(2)8-20(7-10(6-15)21-13)12-4-3-9(5-11(12)16)14(17,18)19/h3-5,10H,6-8H2,1-2H3. The minimum atomic E-state index is -4.54. The van der Waals surface area contributed by atoms with E-state index in [1.54, 1.807) is 4.90 Å². The van der Waals surface area contributed by atoms with Crippen molar-refractivity contribution in [3.63, 3.8) is 0 Å². The molecule has 2 nitrogen and oxygen atoms in total. The third-order valence-corrected chi connectivity index (χ3v) is 3.99. The molecular weight excluding hydrogens is 354 g/mol. The van der Waals surface area contributed by atoms with Crippen LogP contribution in [0.2, 0.25) is 0 Å². The third kappa shape index (κ3) is 3.88. The average molecular weight is 370 g/mol. The molecule has 1 aromatic carbocycles. The Balaban J connectivity index is 2.29. The number of morpholine rings is 1. The van der Waals surface area contributed by atoms with E-state index >= 15 is 0 Å². The van der Waals surface area contributed by atoms with Gasteiger partial charge in [-0.25, -0.2) is 4.39 Å². The lowest BCUT2D eigenvalue weighted by Gasteiger charge is -2.43. The van der Waals surface area contributed by atoms with Crippen LogP contribution in [0.5, 0.6) is 0 Å². The number of nitrogens with zero attached hydrogens (tertiary/aromatic N) is 1. The van der Waals surface area contributed by atoms with E-state index < -0.39 is 23.2 Å². The molecule has 1 fully saturated rings. The summed E-state index contributed by atoms with van der Waals surface area (Å²) in [4.78, 5) is 1.73. The Bertz CT molecular complexity index is 518. The lowest BCUT2D eigenvalue weighted by molar-refractivity contribution is -0.137. The molecule has 1 heterocycles. The van der Waals surface area contributed by atoms with Gasteiger partial charge in [-0.2, -0.15) is 13.2 Å². The zero-order valence-corrected chi connectivity index (χ0v) is 13.3. The zero-order chi connectivity index (χ0) is 15.8. The topological polar surface area (TPSA) is 12.5 Å². The Morgan fingerprint density at radius 2 is 2.05 bits per heavy atom. The lowest BCUT2D eigenvalue weighted by atomic mass is 10.0. The first-order chi connectivity index (χ1) is 9.62. The normalized spacial score (nSPS) is 22.4. The van der Waals surface area contributed by atoms with Gasteiger partial charge in [0, 0.05) is 18.4 Å². The number of rotatable bonds is 2. The Morgan fingerprint density at radius 1 is 1.38 bits per heavy atom. The molecule has 118 valence electrons. The van der Waals surface area contributed by atoms with Crippen molar-refractivity contribution >= 4 is 21.6 Å². The van der Waals surface area contributed by atoms with Crippen molar-refractivity contribution in [2.75, 3.05) is 23.3 Å². The van der Waals surface area contributed by atoms with E-state index in [-0.39, 0.29) is 11.8 Å². The molecule has 1 aliphatic heterocycles. The van der Waals surface area contributed by atoms with Gasteiger partial charge in [0.2, 0.25) is 0 Å². The van der Waals surface area contributed by atoms with Crippen LogP contribution < -0.4 is 4.90 Å². The van der Waals surface area contributed by atoms with Gasteiger partial charge in [-0.3, -0.25) is 0 Å². The van der Waals surface area contributed by atoms with Gasteiger partial charge in [-0.15, -0.1) is 0 Å². The molecule has 0 N–H and O–H groups in total. The average Bonchev–Trinajstić information content (AvgIpc) is 2.35. The molecule has 21 heavy (non-hydrogen) atoms. The van der Waals surface area contributed by atoms with Crippen molar-refractivity contribution in [1.82, 2.24) is 0 Å². The van der Waals surface area contributed by atoms with E-state index in [1.165, 1.54) is 6.07 Å². The summed E-state index contributed by atoms with van der Waals surface area (Å²) in [6, 6.07) is 2.63. The first-order valence-electron chi connectivity index (χ1n) is 6.48. The minimum absolute atomic E-state index is 0.143. The van der Waals surface area contributed by atoms with Crippen molar-refractivity contribution in [2.24, 2.45) is 0 Å². The minimum Gasteiger partial charge on any atom is -0.368 e. The van der Waals surface area contributed by atoms with E-state index in [2.05, 4.69) is 15.9 Å². The molecule has 1 saturated heterocycles. The molecule has 0 aromatic heterocycles. The van der Waals surface area contributed by atoms with Crippen molar-refractivity contribution in [2.45, 2.75) is 31.7 Å². The van der Waals surface area contributed by atoms with Crippen molar-refractivity contribution in [3.05, 3.63) is 29.6 Å². The van der Waals surface area contributed by atoms with E-state index in [0.29, 0.717) is 24.5 Å². The Labute approximate surface area is 129 Å². The third-order valence-electron chi connectivity index (χ3n) is 3.27. The molecule has 0 amide bonds. The molecule has 7 heteroatoms. The first-order valence-corrected chi connectivity index (χ1v) is 7.60. The van der Waals surface area contributed by atoms with Crippen LogP contribution in [0, 0.1) is 5.82 Å². The van der Waals surface area contributed by atoms with E-state index in [9.17, 15) is 17.6 Å². The lowest BCUT2D eigenvalue weighted by Crippen LogP contribution is -2.53. The van der Waals surface area contributed by atoms with Crippen LogP contribution in [-0.2, 0) is 10.9 Å². The van der Waals surface area contributed by atoms with Crippen molar-refractivity contribution in [1.29, 1.82) is 0 Å². The van der Waals surface area contributed by atoms with Gasteiger partial charge in [0.15, 0.2) is 0 Å². The zero-order valence-electron chi connectivity index (χ0n) is 11.7. The predicted molar refractivity (Wildman–Crippen MR) is 76.4 cm³/mol. The Morgan fingerprint density at radius 3 is 2.57 bits per heavy atom. The van der Waals surface area contributed by atoms with Crippen LogP contribution in [0.15, 0.2) is 18.2 Å². The highest BCUT2D eigenvalue weighted by atomic mass is 79.9. The summed E-state index contributed by atoms with van der Waals surface area (Å²) < 4.78 is 57.6. The summed E-state index contributed by atoms with van der Waals surface area (Å²) in [5, 5.41) is 0.579. The van der Waals surface area contributed by atoms with E-state index in [1.807, 2.05) is 13.8 Å². The van der Waals surface area contributed by atoms with E-state index in [0.717, 1.165) is 6.07 Å². The van der Waals surface area contributed by atoms with Crippen molar-refractivity contribution < 1.29 is 22.3 Å². The second-order valence-electron chi connectivity index (χ2n) is 5.70. The van der Waals surface area contributed by atoms with Crippen LogP contribution >= 0.6 is 15.9 Å². The second-order valence-corrected chi connectivity index (χ2v) is 6.35. The maximum atomic E-state index is 14.1. The quantitative estimate of drug-likeness (QED) is 0.571. The summed E-state index contributed by atoms with van der Waals surface area (Å²) in [6.45, 7) is 4.59. The number of halogens is 5. The molecule has 0 spiro atoms. The summed E-state index contributed by atoms with van der Waals surface area (Å²) in [5.41, 5.74) is -1.30.